The summed E-state index contributed by atoms with van der Waals surface area (Å²) < 4.78 is 6.03. The van der Waals surface area contributed by atoms with E-state index in [0.717, 1.165) is 41.7 Å². The van der Waals surface area contributed by atoms with E-state index in [2.05, 4.69) is 40.3 Å². The molecular formula is C30H38N10OS. The lowest BCUT2D eigenvalue weighted by Crippen LogP contribution is -2.30. The molecule has 4 aromatic rings. The molecule has 0 radical (unpaired) electrons. The molecule has 11 nitrogen and oxygen atoms in total. The minimum atomic E-state index is -0.189. The predicted molar refractivity (Wildman–Crippen MR) is 170 cm³/mol. The number of anilines is 4. The minimum absolute atomic E-state index is 0.189. The van der Waals surface area contributed by atoms with Crippen LogP contribution in [0.25, 0.3) is 22.8 Å². The van der Waals surface area contributed by atoms with Crippen molar-refractivity contribution in [2.75, 3.05) is 35.3 Å². The molecule has 0 aromatic carbocycles. The Labute approximate surface area is 250 Å². The number of nitrogen functional groups attached to an aromatic ring is 2. The zero-order valence-corrected chi connectivity index (χ0v) is 25.6. The van der Waals surface area contributed by atoms with Crippen LogP contribution in [0.5, 0.6) is 0 Å². The smallest absolute Gasteiger partial charge is 0.186 e. The van der Waals surface area contributed by atoms with Crippen LogP contribution in [0.1, 0.15) is 80.1 Å². The van der Waals surface area contributed by atoms with Gasteiger partial charge in [-0.15, -0.1) is 11.3 Å². The number of aromatic nitrogens is 4. The van der Waals surface area contributed by atoms with Gasteiger partial charge < -0.3 is 31.6 Å². The number of thiophene rings is 1. The van der Waals surface area contributed by atoms with E-state index in [1.165, 1.54) is 17.6 Å². The van der Waals surface area contributed by atoms with Gasteiger partial charge in [0.2, 0.25) is 0 Å². The van der Waals surface area contributed by atoms with Crippen LogP contribution in [0, 0.1) is 16.7 Å². The third-order valence-corrected chi connectivity index (χ3v) is 8.39. The van der Waals surface area contributed by atoms with E-state index in [1.807, 2.05) is 26.0 Å². The second kappa shape index (κ2) is 13.4. The number of hydrogen-bond donors (Lipinski definition) is 4. The maximum absolute atomic E-state index is 9.99. The SMILES string of the molecule is CCCCc1c(-c2nc(NC)c(C=N)c(N(CC)C(C)c3cccnc3N)n2)noc1-c1c(CCC)sc(N)c1C#N. The first kappa shape index (κ1) is 30.5. The van der Waals surface area contributed by atoms with Gasteiger partial charge in [0.05, 0.1) is 22.7 Å². The molecule has 0 saturated carbocycles. The number of nitrogens with one attached hydrogen (secondary N) is 2. The minimum Gasteiger partial charge on any atom is -0.389 e. The van der Waals surface area contributed by atoms with Gasteiger partial charge in [-0.05, 0) is 39.2 Å². The second-order valence-electron chi connectivity index (χ2n) is 9.91. The summed E-state index contributed by atoms with van der Waals surface area (Å²) in [7, 11) is 1.76. The summed E-state index contributed by atoms with van der Waals surface area (Å²) in [6, 6.07) is 5.89. The molecule has 220 valence electrons. The van der Waals surface area contributed by atoms with E-state index in [1.54, 1.807) is 13.2 Å². The molecule has 4 rings (SSSR count). The molecule has 42 heavy (non-hydrogen) atoms. The van der Waals surface area contributed by atoms with Crippen molar-refractivity contribution in [1.82, 2.24) is 20.1 Å². The van der Waals surface area contributed by atoms with Crippen LogP contribution in [0.2, 0.25) is 0 Å². The first-order chi connectivity index (χ1) is 20.3. The van der Waals surface area contributed by atoms with Crippen molar-refractivity contribution in [2.45, 2.75) is 65.8 Å². The normalized spacial score (nSPS) is 11.7. The fourth-order valence-electron chi connectivity index (χ4n) is 5.18. The lowest BCUT2D eigenvalue weighted by atomic mass is 9.98. The largest absolute Gasteiger partial charge is 0.389 e. The monoisotopic (exact) mass is 586 g/mol. The Morgan fingerprint density at radius 2 is 2.00 bits per heavy atom. The lowest BCUT2D eigenvalue weighted by molar-refractivity contribution is 0.433. The maximum atomic E-state index is 9.99. The van der Waals surface area contributed by atoms with Gasteiger partial charge in [0, 0.05) is 42.0 Å². The zero-order chi connectivity index (χ0) is 30.4. The summed E-state index contributed by atoms with van der Waals surface area (Å²) in [6.07, 6.45) is 7.09. The van der Waals surface area contributed by atoms with E-state index in [4.69, 9.17) is 31.4 Å². The van der Waals surface area contributed by atoms with Crippen LogP contribution >= 0.6 is 11.3 Å². The highest BCUT2D eigenvalue weighted by atomic mass is 32.1. The van der Waals surface area contributed by atoms with E-state index in [-0.39, 0.29) is 6.04 Å². The van der Waals surface area contributed by atoms with Gasteiger partial charge in [0.1, 0.15) is 28.5 Å². The molecule has 4 aromatic heterocycles. The molecule has 12 heteroatoms. The Kier molecular flexibility index (Phi) is 9.75. The summed E-state index contributed by atoms with van der Waals surface area (Å²) >= 11 is 1.42. The standard InChI is InChI=1S/C30H38N10OS/c1-6-9-12-19-24(39-41-25(19)23-20(15-31)27(34)42-22(23)11-7-2)29-37-28(35-5)21(16-32)30(38-29)40(8-3)17(4)18-13-10-14-36-26(18)33/h10,13-14,16-17,32H,6-9,11-12,34H2,1-5H3,(H2,33,36)(H,35,37,38). The van der Waals surface area contributed by atoms with Gasteiger partial charge in [-0.3, -0.25) is 0 Å². The van der Waals surface area contributed by atoms with Gasteiger partial charge in [0.15, 0.2) is 17.3 Å². The Hall–Kier alpha value is -4.50. The number of aryl methyl sites for hydroxylation is 1. The van der Waals surface area contributed by atoms with Crippen molar-refractivity contribution >= 4 is 40.0 Å². The van der Waals surface area contributed by atoms with Gasteiger partial charge in [-0.1, -0.05) is 37.9 Å². The highest BCUT2D eigenvalue weighted by Gasteiger charge is 2.30. The first-order valence-corrected chi connectivity index (χ1v) is 15.0. The topological polar surface area (TPSA) is 180 Å². The Morgan fingerprint density at radius 3 is 2.62 bits per heavy atom. The third-order valence-electron chi connectivity index (χ3n) is 7.31. The fourth-order valence-corrected chi connectivity index (χ4v) is 6.30. The maximum Gasteiger partial charge on any atom is 0.186 e. The van der Waals surface area contributed by atoms with Crippen LogP contribution in [0.4, 0.5) is 22.5 Å². The average Bonchev–Trinajstić information content (AvgIpc) is 3.55. The zero-order valence-electron chi connectivity index (χ0n) is 24.8. The Morgan fingerprint density at radius 1 is 1.21 bits per heavy atom. The van der Waals surface area contributed by atoms with E-state index >= 15 is 0 Å². The molecule has 0 spiro atoms. The molecule has 0 fully saturated rings. The van der Waals surface area contributed by atoms with Crippen LogP contribution in [-0.2, 0) is 12.8 Å². The quantitative estimate of drug-likeness (QED) is 0.131. The number of unbranched alkanes of at least 4 members (excludes halogenated alkanes) is 1. The van der Waals surface area contributed by atoms with Crippen molar-refractivity contribution in [3.05, 3.63) is 45.5 Å². The molecule has 0 bridgehead atoms. The average molecular weight is 587 g/mol. The summed E-state index contributed by atoms with van der Waals surface area (Å²) in [5, 5.41) is 26.3. The fraction of sp³-hybridized carbons (Fsp3) is 0.400. The molecule has 0 aliphatic heterocycles. The highest BCUT2D eigenvalue weighted by molar-refractivity contribution is 7.16. The molecule has 0 aliphatic rings. The van der Waals surface area contributed by atoms with Gasteiger partial charge in [0.25, 0.3) is 0 Å². The van der Waals surface area contributed by atoms with Gasteiger partial charge in [-0.25, -0.2) is 15.0 Å². The number of hydrogen-bond acceptors (Lipinski definition) is 12. The molecule has 6 N–H and O–H groups in total. The van der Waals surface area contributed by atoms with Crippen molar-refractivity contribution < 1.29 is 4.52 Å². The molecule has 1 atom stereocenters. The number of nitriles is 1. The Balaban J connectivity index is 1.95. The van der Waals surface area contributed by atoms with E-state index in [0.29, 0.717) is 69.4 Å². The molecule has 0 aliphatic carbocycles. The summed E-state index contributed by atoms with van der Waals surface area (Å²) in [4.78, 5) is 17.1. The molecule has 0 amide bonds. The van der Waals surface area contributed by atoms with Crippen LogP contribution in [-0.4, -0.2) is 39.9 Å². The number of rotatable bonds is 13. The van der Waals surface area contributed by atoms with Crippen molar-refractivity contribution in [3.8, 4) is 28.9 Å². The predicted octanol–water partition coefficient (Wildman–Crippen LogP) is 6.21. The Bertz CT molecular complexity index is 1600. The molecular weight excluding hydrogens is 548 g/mol. The second-order valence-corrected chi connectivity index (χ2v) is 11.0. The molecule has 1 unspecified atom stereocenters. The molecule has 0 saturated heterocycles. The van der Waals surface area contributed by atoms with Crippen molar-refractivity contribution in [1.29, 1.82) is 10.7 Å². The van der Waals surface area contributed by atoms with Crippen LogP contribution in [0.3, 0.4) is 0 Å². The number of nitrogens with two attached hydrogens (primary N) is 2. The third kappa shape index (κ3) is 5.65. The number of pyridine rings is 1. The van der Waals surface area contributed by atoms with E-state index in [9.17, 15) is 5.26 Å². The lowest BCUT2D eigenvalue weighted by Gasteiger charge is -2.31. The van der Waals surface area contributed by atoms with Crippen molar-refractivity contribution in [3.63, 3.8) is 0 Å². The highest BCUT2D eigenvalue weighted by Crippen LogP contribution is 2.43. The van der Waals surface area contributed by atoms with Gasteiger partial charge >= 0.3 is 0 Å². The molecule has 4 heterocycles. The van der Waals surface area contributed by atoms with Crippen LogP contribution < -0.4 is 21.7 Å². The van der Waals surface area contributed by atoms with E-state index < -0.39 is 0 Å². The van der Waals surface area contributed by atoms with Gasteiger partial charge in [-0.2, -0.15) is 5.26 Å². The summed E-state index contributed by atoms with van der Waals surface area (Å²) in [6.45, 7) is 8.86. The first-order valence-electron chi connectivity index (χ1n) is 14.2. The summed E-state index contributed by atoms with van der Waals surface area (Å²) in [5.74, 6) is 2.40. The number of nitrogens with zero attached hydrogens (tertiary/aromatic N) is 6. The van der Waals surface area contributed by atoms with Crippen molar-refractivity contribution in [2.24, 2.45) is 0 Å². The van der Waals surface area contributed by atoms with Crippen LogP contribution in [0.15, 0.2) is 22.9 Å². The summed E-state index contributed by atoms with van der Waals surface area (Å²) in [5.41, 5.74) is 16.4.